The number of halogens is 4. The summed E-state index contributed by atoms with van der Waals surface area (Å²) in [4.78, 5) is 38.5. The van der Waals surface area contributed by atoms with E-state index < -0.39 is 57.9 Å². The SMILES string of the molecule is Cc1cc(NC(=O)c2c3c(cn2C)S(=O)(=O)N[C@@H]2CCN(C(=O)C(=O)N[C@@H](C)C(F)(F)F)C[C@H]2O3)ccc1F. The molecule has 11 nitrogen and oxygen atoms in total. The minimum Gasteiger partial charge on any atom is -0.483 e. The van der Waals surface area contributed by atoms with Gasteiger partial charge in [0.15, 0.2) is 11.4 Å². The van der Waals surface area contributed by atoms with E-state index in [-0.39, 0.29) is 47.1 Å². The molecule has 0 saturated carbocycles. The summed E-state index contributed by atoms with van der Waals surface area (Å²) in [6.45, 7) is 1.72. The number of sulfonamides is 1. The fourth-order valence-corrected chi connectivity index (χ4v) is 5.79. The van der Waals surface area contributed by atoms with E-state index in [0.29, 0.717) is 6.92 Å². The number of fused-ring (bicyclic) bond motifs is 2. The van der Waals surface area contributed by atoms with Crippen LogP contribution >= 0.6 is 0 Å². The average molecular weight is 576 g/mol. The first-order valence-corrected chi connectivity index (χ1v) is 13.2. The number of benzene rings is 1. The molecule has 3 N–H and O–H groups in total. The number of piperidine rings is 1. The van der Waals surface area contributed by atoms with E-state index in [1.807, 2.05) is 0 Å². The van der Waals surface area contributed by atoms with Crippen LogP contribution in [-0.2, 0) is 26.7 Å². The lowest BCUT2D eigenvalue weighted by molar-refractivity contribution is -0.163. The lowest BCUT2D eigenvalue weighted by Crippen LogP contribution is -2.59. The van der Waals surface area contributed by atoms with E-state index in [0.717, 1.165) is 11.0 Å². The number of carbonyl (C=O) groups is 3. The van der Waals surface area contributed by atoms with Crippen LogP contribution in [0.3, 0.4) is 0 Å². The molecule has 3 amide bonds. The topological polar surface area (TPSA) is 139 Å². The number of rotatable bonds is 3. The molecule has 2 aromatic rings. The zero-order chi connectivity index (χ0) is 28.9. The summed E-state index contributed by atoms with van der Waals surface area (Å²) in [5, 5.41) is 4.17. The minimum atomic E-state index is -4.75. The summed E-state index contributed by atoms with van der Waals surface area (Å²) in [6, 6.07) is 0.756. The van der Waals surface area contributed by atoms with Gasteiger partial charge >= 0.3 is 18.0 Å². The first-order chi connectivity index (χ1) is 18.1. The van der Waals surface area contributed by atoms with E-state index in [1.165, 1.54) is 36.9 Å². The molecule has 16 heteroatoms. The molecule has 4 rings (SSSR count). The third-order valence-corrected chi connectivity index (χ3v) is 7.96. The third-order valence-electron chi connectivity index (χ3n) is 6.48. The summed E-state index contributed by atoms with van der Waals surface area (Å²) in [5.41, 5.74) is 0.332. The first-order valence-electron chi connectivity index (χ1n) is 11.7. The average Bonchev–Trinajstić information content (AvgIpc) is 3.12. The van der Waals surface area contributed by atoms with Crippen molar-refractivity contribution in [1.82, 2.24) is 19.5 Å². The first kappa shape index (κ1) is 28.4. The Hall–Kier alpha value is -3.66. The summed E-state index contributed by atoms with van der Waals surface area (Å²) < 4.78 is 87.9. The van der Waals surface area contributed by atoms with E-state index in [2.05, 4.69) is 10.0 Å². The van der Waals surface area contributed by atoms with Crippen molar-refractivity contribution >= 4 is 33.4 Å². The van der Waals surface area contributed by atoms with Gasteiger partial charge in [-0.1, -0.05) is 0 Å². The highest BCUT2D eigenvalue weighted by atomic mass is 32.2. The van der Waals surface area contributed by atoms with Crippen LogP contribution in [0.2, 0.25) is 0 Å². The normalized spacial score (nSPS) is 21.1. The molecule has 0 bridgehead atoms. The largest absolute Gasteiger partial charge is 0.483 e. The Kier molecular flexibility index (Phi) is 7.37. The molecule has 0 spiro atoms. The van der Waals surface area contributed by atoms with Crippen molar-refractivity contribution < 1.29 is 45.1 Å². The number of aromatic nitrogens is 1. The fraction of sp³-hybridized carbons (Fsp3) is 0.435. The number of nitrogens with one attached hydrogen (secondary N) is 3. The molecular weight excluding hydrogens is 550 g/mol. The number of aryl methyl sites for hydroxylation is 2. The van der Waals surface area contributed by atoms with Crippen molar-refractivity contribution in [2.45, 2.75) is 49.5 Å². The number of ether oxygens (including phenoxy) is 1. The lowest BCUT2D eigenvalue weighted by atomic mass is 10.0. The van der Waals surface area contributed by atoms with Crippen LogP contribution < -0.4 is 20.1 Å². The molecular formula is C23H25F4N5O6S. The molecule has 212 valence electrons. The zero-order valence-electron chi connectivity index (χ0n) is 20.9. The molecule has 0 unspecified atom stereocenters. The van der Waals surface area contributed by atoms with Gasteiger partial charge in [0.05, 0.1) is 12.6 Å². The number of nitrogens with zero attached hydrogens (tertiary/aromatic N) is 2. The molecule has 0 aliphatic carbocycles. The molecule has 39 heavy (non-hydrogen) atoms. The van der Waals surface area contributed by atoms with E-state index >= 15 is 0 Å². The number of hydrogen-bond donors (Lipinski definition) is 3. The Bertz CT molecular complexity index is 1440. The van der Waals surface area contributed by atoms with Crippen LogP contribution in [-0.4, -0.2) is 73.1 Å². The van der Waals surface area contributed by atoms with E-state index in [9.17, 15) is 40.4 Å². The monoisotopic (exact) mass is 575 g/mol. The number of amides is 3. The second-order valence-corrected chi connectivity index (χ2v) is 11.0. The molecule has 1 aromatic heterocycles. The Morgan fingerprint density at radius 3 is 2.56 bits per heavy atom. The van der Waals surface area contributed by atoms with Crippen molar-refractivity contribution in [1.29, 1.82) is 0 Å². The highest BCUT2D eigenvalue weighted by molar-refractivity contribution is 7.89. The predicted molar refractivity (Wildman–Crippen MR) is 128 cm³/mol. The molecule has 3 atom stereocenters. The van der Waals surface area contributed by atoms with Crippen LogP contribution in [0.25, 0.3) is 0 Å². The maximum absolute atomic E-state index is 13.6. The molecule has 1 saturated heterocycles. The second kappa shape index (κ2) is 10.1. The van der Waals surface area contributed by atoms with Crippen molar-refractivity contribution in [3.05, 3.63) is 41.5 Å². The zero-order valence-corrected chi connectivity index (χ0v) is 21.7. The van der Waals surface area contributed by atoms with Crippen LogP contribution in [0.1, 0.15) is 29.4 Å². The molecule has 2 aliphatic heterocycles. The Morgan fingerprint density at radius 2 is 1.92 bits per heavy atom. The minimum absolute atomic E-state index is 0.00940. The van der Waals surface area contributed by atoms with Crippen LogP contribution in [0.4, 0.5) is 23.2 Å². The van der Waals surface area contributed by atoms with Gasteiger partial charge in [0.25, 0.3) is 5.91 Å². The predicted octanol–water partition coefficient (Wildman–Crippen LogP) is 1.43. The van der Waals surface area contributed by atoms with Gasteiger partial charge in [-0.15, -0.1) is 0 Å². The fourth-order valence-electron chi connectivity index (χ4n) is 4.31. The van der Waals surface area contributed by atoms with E-state index in [1.54, 1.807) is 5.32 Å². The molecule has 2 aliphatic rings. The van der Waals surface area contributed by atoms with Crippen LogP contribution in [0.5, 0.6) is 5.75 Å². The molecule has 0 radical (unpaired) electrons. The molecule has 1 aromatic carbocycles. The van der Waals surface area contributed by atoms with Crippen molar-refractivity contribution in [2.24, 2.45) is 7.05 Å². The Labute approximate surface area is 220 Å². The van der Waals surface area contributed by atoms with Gasteiger partial charge in [-0.25, -0.2) is 17.5 Å². The highest BCUT2D eigenvalue weighted by Gasteiger charge is 2.44. The van der Waals surface area contributed by atoms with Crippen molar-refractivity contribution in [3.8, 4) is 5.75 Å². The summed E-state index contributed by atoms with van der Waals surface area (Å²) in [6.07, 6.45) is -4.66. The molecule has 3 heterocycles. The highest BCUT2D eigenvalue weighted by Crippen LogP contribution is 2.36. The summed E-state index contributed by atoms with van der Waals surface area (Å²) >= 11 is 0. The van der Waals surface area contributed by atoms with Gasteiger partial charge < -0.3 is 24.8 Å². The van der Waals surface area contributed by atoms with Crippen LogP contribution in [0, 0.1) is 12.7 Å². The van der Waals surface area contributed by atoms with Gasteiger partial charge in [0, 0.05) is 25.5 Å². The van der Waals surface area contributed by atoms with Gasteiger partial charge in [-0.2, -0.15) is 13.2 Å². The number of likely N-dealkylation sites (tertiary alicyclic amines) is 1. The lowest BCUT2D eigenvalue weighted by Gasteiger charge is -2.37. The van der Waals surface area contributed by atoms with Crippen LogP contribution in [0.15, 0.2) is 29.3 Å². The van der Waals surface area contributed by atoms with Crippen molar-refractivity contribution in [3.63, 3.8) is 0 Å². The van der Waals surface area contributed by atoms with Gasteiger partial charge in [0.1, 0.15) is 22.9 Å². The number of alkyl halides is 3. The summed E-state index contributed by atoms with van der Waals surface area (Å²) in [5.74, 6) is -4.26. The van der Waals surface area contributed by atoms with Crippen molar-refractivity contribution in [2.75, 3.05) is 18.4 Å². The number of carbonyl (C=O) groups excluding carboxylic acids is 3. The third kappa shape index (κ3) is 5.71. The Balaban J connectivity index is 1.59. The summed E-state index contributed by atoms with van der Waals surface area (Å²) in [7, 11) is -2.77. The maximum atomic E-state index is 13.6. The van der Waals surface area contributed by atoms with Gasteiger partial charge in [-0.05, 0) is 44.0 Å². The maximum Gasteiger partial charge on any atom is 0.408 e. The van der Waals surface area contributed by atoms with Gasteiger partial charge in [-0.3, -0.25) is 14.4 Å². The standard InChI is InChI=1S/C23H25F4N5O6S/c1-11-8-13(4-5-14(11)24)29-20(33)18-19-17(10-31(18)3)39(36,37)30-15-6-7-32(9-16(15)38-19)22(35)21(34)28-12(2)23(25,26)27/h4-5,8,10,12,15-16,30H,6-7,9H2,1-3H3,(H,28,34)(H,29,33)/t12-,15+,16+/m0/s1. The second-order valence-electron chi connectivity index (χ2n) is 9.36. The number of hydrogen-bond acceptors (Lipinski definition) is 6. The van der Waals surface area contributed by atoms with Gasteiger partial charge in [0.2, 0.25) is 10.0 Å². The number of anilines is 1. The van der Waals surface area contributed by atoms with E-state index in [4.69, 9.17) is 4.74 Å². The Morgan fingerprint density at radius 1 is 1.23 bits per heavy atom. The molecule has 1 fully saturated rings. The quantitative estimate of drug-likeness (QED) is 0.374. The smallest absolute Gasteiger partial charge is 0.408 e.